The Labute approximate surface area is 235 Å². The number of carbonyl (C=O) groups excluding carboxylic acids is 3. The van der Waals surface area contributed by atoms with E-state index in [1.807, 2.05) is 20.8 Å². The van der Waals surface area contributed by atoms with Gasteiger partial charge in [-0.25, -0.2) is 5.43 Å². The lowest BCUT2D eigenvalue weighted by molar-refractivity contribution is -0.139. The van der Waals surface area contributed by atoms with E-state index in [1.54, 1.807) is 37.3 Å². The van der Waals surface area contributed by atoms with Crippen molar-refractivity contribution >= 4 is 57.2 Å². The molecule has 0 radical (unpaired) electrons. The van der Waals surface area contributed by atoms with Crippen molar-refractivity contribution in [1.82, 2.24) is 10.7 Å². The third kappa shape index (κ3) is 10.3. The number of carbonyl (C=O) groups is 3. The molecule has 0 aliphatic rings. The molecule has 3 N–H and O–H groups in total. The number of ether oxygens (including phenoxy) is 3. The number of nitrogens with one attached hydrogen (secondary N) is 3. The summed E-state index contributed by atoms with van der Waals surface area (Å²) in [5, 5.41) is 9.66. The van der Waals surface area contributed by atoms with E-state index in [0.29, 0.717) is 58.4 Å². The molecule has 0 heterocycles. The average molecular weight is 612 g/mol. The maximum Gasteiger partial charge on any atom is 0.329 e. The molecule has 10 nitrogen and oxygen atoms in total. The number of anilines is 1. The first-order valence-corrected chi connectivity index (χ1v) is 13.2. The lowest BCUT2D eigenvalue weighted by Gasteiger charge is -2.15. The average Bonchev–Trinajstić information content (AvgIpc) is 2.86. The van der Waals surface area contributed by atoms with Gasteiger partial charge in [0.25, 0.3) is 5.91 Å². The molecule has 0 unspecified atom stereocenters. The summed E-state index contributed by atoms with van der Waals surface area (Å²) in [4.78, 5) is 36.3. The van der Waals surface area contributed by atoms with Crippen LogP contribution < -0.4 is 25.5 Å². The summed E-state index contributed by atoms with van der Waals surface area (Å²) in [6.45, 7) is 8.33. The highest BCUT2D eigenvalue weighted by Gasteiger charge is 2.15. The van der Waals surface area contributed by atoms with E-state index in [9.17, 15) is 14.4 Å². The number of hydrogen-bond donors (Lipinski definition) is 3. The summed E-state index contributed by atoms with van der Waals surface area (Å²) < 4.78 is 17.3. The van der Waals surface area contributed by atoms with E-state index in [2.05, 4.69) is 37.1 Å². The monoisotopic (exact) mass is 610 g/mol. The van der Waals surface area contributed by atoms with Crippen LogP contribution in [0.25, 0.3) is 0 Å². The van der Waals surface area contributed by atoms with Gasteiger partial charge >= 0.3 is 11.8 Å². The second kappa shape index (κ2) is 16.0. The predicted molar refractivity (Wildman–Crippen MR) is 150 cm³/mol. The van der Waals surface area contributed by atoms with Crippen LogP contribution in [0.15, 0.2) is 39.9 Å². The molecule has 0 saturated carbocycles. The minimum absolute atomic E-state index is 0.107. The molecule has 0 saturated heterocycles. The molecule has 0 spiro atoms. The van der Waals surface area contributed by atoms with Gasteiger partial charge in [-0.3, -0.25) is 14.4 Å². The second-order valence-electron chi connectivity index (χ2n) is 8.24. The highest BCUT2D eigenvalue weighted by molar-refractivity contribution is 9.10. The minimum atomic E-state index is -0.893. The molecule has 2 aromatic rings. The molecule has 0 bridgehead atoms. The summed E-state index contributed by atoms with van der Waals surface area (Å²) in [6, 6.07) is 8.54. The Morgan fingerprint density at radius 3 is 2.63 bits per heavy atom. The quantitative estimate of drug-likeness (QED) is 0.135. The van der Waals surface area contributed by atoms with E-state index in [1.165, 1.54) is 6.21 Å². The zero-order valence-corrected chi connectivity index (χ0v) is 24.1. The molecule has 0 atom stereocenters. The topological polar surface area (TPSA) is 127 Å². The molecule has 2 rings (SSSR count). The Morgan fingerprint density at radius 1 is 1.16 bits per heavy atom. The molecule has 0 aliphatic heterocycles. The van der Waals surface area contributed by atoms with Crippen LogP contribution in [0.5, 0.6) is 11.5 Å². The molecule has 12 heteroatoms. The van der Waals surface area contributed by atoms with Crippen molar-refractivity contribution in [2.24, 2.45) is 5.10 Å². The van der Waals surface area contributed by atoms with Gasteiger partial charge in [-0.2, -0.15) is 5.10 Å². The van der Waals surface area contributed by atoms with Crippen molar-refractivity contribution in [2.45, 2.75) is 40.2 Å². The zero-order valence-electron chi connectivity index (χ0n) is 21.7. The molecule has 2 aromatic carbocycles. The van der Waals surface area contributed by atoms with Gasteiger partial charge in [0.1, 0.15) is 0 Å². The largest absolute Gasteiger partial charge is 0.490 e. The highest BCUT2D eigenvalue weighted by Crippen LogP contribution is 2.36. The standard InChI is InChI=1S/C26H32BrClN4O6/c1-5-36-22-13-18(14-30-32-26(35)25(34)29-10-7-11-37-16(2)3)12-19(27)24(22)38-15-23(33)31-21-9-6-8-20(28)17(21)4/h6,8-9,12-14,16H,5,7,10-11,15H2,1-4H3,(H,29,34)(H,31,33)(H,32,35)/b30-14-. The SMILES string of the molecule is CCOc1cc(/C=N\NC(=O)C(=O)NCCCOC(C)C)cc(Br)c1OCC(=O)Nc1cccc(Cl)c1C. The normalized spacial score (nSPS) is 10.9. The number of halogens is 2. The Bertz CT molecular complexity index is 1160. The van der Waals surface area contributed by atoms with Crippen LogP contribution in [0.1, 0.15) is 38.3 Å². The first-order chi connectivity index (χ1) is 18.1. The third-order valence-corrected chi connectivity index (χ3v) is 5.86. The second-order valence-corrected chi connectivity index (χ2v) is 9.50. The maximum absolute atomic E-state index is 12.4. The van der Waals surface area contributed by atoms with Crippen LogP contribution in [0.2, 0.25) is 5.02 Å². The van der Waals surface area contributed by atoms with Crippen molar-refractivity contribution in [3.8, 4) is 11.5 Å². The van der Waals surface area contributed by atoms with E-state index in [-0.39, 0.29) is 18.6 Å². The summed E-state index contributed by atoms with van der Waals surface area (Å²) in [5.74, 6) is -1.37. The van der Waals surface area contributed by atoms with Crippen molar-refractivity contribution in [1.29, 1.82) is 0 Å². The van der Waals surface area contributed by atoms with Gasteiger partial charge in [-0.15, -0.1) is 0 Å². The molecule has 3 amide bonds. The van der Waals surface area contributed by atoms with Crippen LogP contribution in [0, 0.1) is 6.92 Å². The van der Waals surface area contributed by atoms with Gasteiger partial charge in [0.15, 0.2) is 18.1 Å². The lowest BCUT2D eigenvalue weighted by atomic mass is 10.2. The highest BCUT2D eigenvalue weighted by atomic mass is 79.9. The van der Waals surface area contributed by atoms with Gasteiger partial charge in [0, 0.05) is 23.9 Å². The fourth-order valence-corrected chi connectivity index (χ4v) is 3.77. The molecular formula is C26H32BrClN4O6. The first kappa shape index (κ1) is 31.1. The van der Waals surface area contributed by atoms with Crippen LogP contribution >= 0.6 is 27.5 Å². The van der Waals surface area contributed by atoms with E-state index in [0.717, 1.165) is 5.56 Å². The molecule has 0 fully saturated rings. The number of benzene rings is 2. The lowest BCUT2D eigenvalue weighted by Crippen LogP contribution is -2.38. The van der Waals surface area contributed by atoms with E-state index >= 15 is 0 Å². The van der Waals surface area contributed by atoms with Gasteiger partial charge in [-0.1, -0.05) is 17.7 Å². The van der Waals surface area contributed by atoms with Crippen molar-refractivity contribution < 1.29 is 28.6 Å². The molecular weight excluding hydrogens is 580 g/mol. The molecule has 0 aromatic heterocycles. The number of hydrogen-bond acceptors (Lipinski definition) is 7. The zero-order chi connectivity index (χ0) is 28.1. The van der Waals surface area contributed by atoms with Crippen LogP contribution in [0.4, 0.5) is 5.69 Å². The molecule has 38 heavy (non-hydrogen) atoms. The predicted octanol–water partition coefficient (Wildman–Crippen LogP) is 4.21. The fourth-order valence-electron chi connectivity index (χ4n) is 3.02. The van der Waals surface area contributed by atoms with Gasteiger partial charge in [0.2, 0.25) is 0 Å². The van der Waals surface area contributed by atoms with Gasteiger partial charge in [-0.05, 0) is 85.4 Å². The molecule has 0 aliphatic carbocycles. The number of hydrazone groups is 1. The number of amides is 3. The molecule has 206 valence electrons. The first-order valence-electron chi connectivity index (χ1n) is 12.0. The van der Waals surface area contributed by atoms with Crippen LogP contribution in [-0.2, 0) is 19.1 Å². The Kier molecular flexibility index (Phi) is 13.0. The van der Waals surface area contributed by atoms with Gasteiger partial charge in [0.05, 0.1) is 23.4 Å². The Balaban J connectivity index is 1.95. The number of rotatable bonds is 13. The minimum Gasteiger partial charge on any atom is -0.490 e. The van der Waals surface area contributed by atoms with Crippen molar-refractivity contribution in [3.63, 3.8) is 0 Å². The smallest absolute Gasteiger partial charge is 0.329 e. The van der Waals surface area contributed by atoms with Crippen molar-refractivity contribution in [2.75, 3.05) is 31.7 Å². The summed E-state index contributed by atoms with van der Waals surface area (Å²) >= 11 is 9.53. The van der Waals surface area contributed by atoms with E-state index in [4.69, 9.17) is 25.8 Å². The van der Waals surface area contributed by atoms with Crippen molar-refractivity contribution in [3.05, 3.63) is 51.0 Å². The number of nitrogens with zero attached hydrogens (tertiary/aromatic N) is 1. The Hall–Kier alpha value is -3.15. The van der Waals surface area contributed by atoms with Crippen LogP contribution in [0.3, 0.4) is 0 Å². The Morgan fingerprint density at radius 2 is 1.92 bits per heavy atom. The van der Waals surface area contributed by atoms with E-state index < -0.39 is 11.8 Å². The van der Waals surface area contributed by atoms with Crippen LogP contribution in [-0.4, -0.2) is 56.4 Å². The summed E-state index contributed by atoms with van der Waals surface area (Å²) in [6.07, 6.45) is 2.05. The van der Waals surface area contributed by atoms with Gasteiger partial charge < -0.3 is 24.8 Å². The maximum atomic E-state index is 12.4. The third-order valence-electron chi connectivity index (χ3n) is 4.86. The summed E-state index contributed by atoms with van der Waals surface area (Å²) in [5.41, 5.74) is 4.09. The fraction of sp³-hybridized carbons (Fsp3) is 0.385. The summed E-state index contributed by atoms with van der Waals surface area (Å²) in [7, 11) is 0.